The van der Waals surface area contributed by atoms with E-state index < -0.39 is 0 Å². The van der Waals surface area contributed by atoms with Gasteiger partial charge in [-0.05, 0) is 47.0 Å². The molecule has 5 heteroatoms. The van der Waals surface area contributed by atoms with Crippen LogP contribution in [-0.2, 0) is 6.54 Å². The van der Waals surface area contributed by atoms with Crippen molar-refractivity contribution in [1.82, 2.24) is 9.55 Å². The lowest BCUT2D eigenvalue weighted by molar-refractivity contribution is 0.621. The van der Waals surface area contributed by atoms with Crippen LogP contribution < -0.4 is 5.73 Å². The Morgan fingerprint density at radius 2 is 2.25 bits per heavy atom. The van der Waals surface area contributed by atoms with Gasteiger partial charge in [0.15, 0.2) is 0 Å². The van der Waals surface area contributed by atoms with Gasteiger partial charge < -0.3 is 10.3 Å². The number of nitrogens with zero attached hydrogens (tertiary/aromatic N) is 2. The van der Waals surface area contributed by atoms with E-state index in [4.69, 9.17) is 5.73 Å². The van der Waals surface area contributed by atoms with Gasteiger partial charge in [-0.15, -0.1) is 6.58 Å². The molecule has 0 unspecified atom stereocenters. The first-order chi connectivity index (χ1) is 9.61. The van der Waals surface area contributed by atoms with Crippen molar-refractivity contribution in [1.29, 1.82) is 0 Å². The molecular formula is C15H15BrFN3. The number of aromatic nitrogens is 2. The predicted octanol–water partition coefficient (Wildman–Crippen LogP) is 4.10. The molecular weight excluding hydrogens is 321 g/mol. The summed E-state index contributed by atoms with van der Waals surface area (Å²) in [5.41, 5.74) is 7.76. The molecule has 3 nitrogen and oxygen atoms in total. The van der Waals surface area contributed by atoms with E-state index in [0.29, 0.717) is 22.8 Å². The molecule has 0 saturated heterocycles. The van der Waals surface area contributed by atoms with Crippen molar-refractivity contribution in [2.75, 3.05) is 5.73 Å². The fourth-order valence-electron chi connectivity index (χ4n) is 2.31. The molecule has 104 valence electrons. The van der Waals surface area contributed by atoms with Gasteiger partial charge in [0.1, 0.15) is 23.2 Å². The highest BCUT2D eigenvalue weighted by atomic mass is 79.9. The molecule has 1 fully saturated rings. The molecule has 1 saturated carbocycles. The zero-order valence-corrected chi connectivity index (χ0v) is 12.5. The molecule has 0 aliphatic heterocycles. The highest BCUT2D eigenvalue weighted by molar-refractivity contribution is 9.10. The lowest BCUT2D eigenvalue weighted by Gasteiger charge is -2.06. The predicted molar refractivity (Wildman–Crippen MR) is 81.9 cm³/mol. The number of allylic oxidation sites excluding steroid dienone is 1. The van der Waals surface area contributed by atoms with Crippen LogP contribution in [0, 0.1) is 5.82 Å². The average molecular weight is 336 g/mol. The third kappa shape index (κ3) is 2.26. The zero-order chi connectivity index (χ0) is 14.3. The number of hydrogen-bond donors (Lipinski definition) is 1. The summed E-state index contributed by atoms with van der Waals surface area (Å²) in [6.07, 6.45) is 4.12. The lowest BCUT2D eigenvalue weighted by atomic mass is 10.1. The van der Waals surface area contributed by atoms with Crippen LogP contribution in [0.25, 0.3) is 11.3 Å². The molecule has 0 spiro atoms. The maximum Gasteiger partial charge on any atom is 0.137 e. The van der Waals surface area contributed by atoms with Crippen LogP contribution in [0.2, 0.25) is 0 Å². The van der Waals surface area contributed by atoms with Crippen LogP contribution in [0.5, 0.6) is 0 Å². The summed E-state index contributed by atoms with van der Waals surface area (Å²) in [5.74, 6) is 1.83. The Kier molecular flexibility index (Phi) is 3.38. The van der Waals surface area contributed by atoms with Crippen molar-refractivity contribution in [2.45, 2.75) is 25.3 Å². The number of anilines is 1. The van der Waals surface area contributed by atoms with E-state index in [0.717, 1.165) is 29.9 Å². The minimum Gasteiger partial charge on any atom is -0.383 e. The van der Waals surface area contributed by atoms with Gasteiger partial charge in [0.2, 0.25) is 0 Å². The number of benzene rings is 1. The zero-order valence-electron chi connectivity index (χ0n) is 10.9. The number of halogens is 2. The van der Waals surface area contributed by atoms with E-state index in [1.54, 1.807) is 12.1 Å². The minimum atomic E-state index is -0.291. The van der Waals surface area contributed by atoms with E-state index in [-0.39, 0.29) is 5.82 Å². The molecule has 1 aliphatic rings. The molecule has 1 aromatic carbocycles. The first-order valence-electron chi connectivity index (χ1n) is 6.54. The highest BCUT2D eigenvalue weighted by Gasteiger charge is 2.30. The second-order valence-corrected chi connectivity index (χ2v) is 5.86. The SMILES string of the molecule is C=CCn1c(C2CC2)nc(-c2ccc(F)c(Br)c2)c1N. The third-order valence-corrected chi connectivity index (χ3v) is 4.09. The number of rotatable bonds is 4. The van der Waals surface area contributed by atoms with E-state index in [1.165, 1.54) is 6.07 Å². The quantitative estimate of drug-likeness (QED) is 0.855. The molecule has 0 amide bonds. The van der Waals surface area contributed by atoms with Gasteiger partial charge in [0.05, 0.1) is 4.47 Å². The van der Waals surface area contributed by atoms with E-state index in [9.17, 15) is 4.39 Å². The Bertz CT molecular complexity index is 674. The van der Waals surface area contributed by atoms with Crippen molar-refractivity contribution in [3.8, 4) is 11.3 Å². The van der Waals surface area contributed by atoms with Crippen LogP contribution in [0.3, 0.4) is 0 Å². The van der Waals surface area contributed by atoms with Crippen molar-refractivity contribution in [2.24, 2.45) is 0 Å². The fraction of sp³-hybridized carbons (Fsp3) is 0.267. The molecule has 1 aliphatic carbocycles. The van der Waals surface area contributed by atoms with Crippen LogP contribution in [0.15, 0.2) is 35.3 Å². The maximum absolute atomic E-state index is 13.3. The van der Waals surface area contributed by atoms with Gasteiger partial charge in [-0.25, -0.2) is 9.37 Å². The van der Waals surface area contributed by atoms with Crippen molar-refractivity contribution in [3.05, 3.63) is 47.0 Å². The Hall–Kier alpha value is -1.62. The molecule has 1 aromatic heterocycles. The van der Waals surface area contributed by atoms with Crippen LogP contribution in [0.4, 0.5) is 10.2 Å². The molecule has 1 heterocycles. The van der Waals surface area contributed by atoms with Crippen LogP contribution in [-0.4, -0.2) is 9.55 Å². The van der Waals surface area contributed by atoms with Gasteiger partial charge in [0.25, 0.3) is 0 Å². The van der Waals surface area contributed by atoms with Crippen molar-refractivity contribution in [3.63, 3.8) is 0 Å². The average Bonchev–Trinajstić information content (AvgIpc) is 3.21. The number of nitrogens with two attached hydrogens (primary N) is 1. The topological polar surface area (TPSA) is 43.8 Å². The largest absolute Gasteiger partial charge is 0.383 e. The number of nitrogen functional groups attached to an aromatic ring is 1. The van der Waals surface area contributed by atoms with E-state index in [2.05, 4.69) is 27.5 Å². The number of imidazole rings is 1. The second kappa shape index (κ2) is 5.05. The Morgan fingerprint density at radius 3 is 2.85 bits per heavy atom. The molecule has 2 N–H and O–H groups in total. The minimum absolute atomic E-state index is 0.291. The Labute approximate surface area is 125 Å². The monoisotopic (exact) mass is 335 g/mol. The Morgan fingerprint density at radius 1 is 1.50 bits per heavy atom. The summed E-state index contributed by atoms with van der Waals surface area (Å²) < 4.78 is 15.8. The van der Waals surface area contributed by atoms with E-state index in [1.807, 2.05) is 10.6 Å². The standard InChI is InChI=1S/C15H15BrFN3/c1-2-7-20-14(18)13(19-15(20)9-3-4-9)10-5-6-12(17)11(16)8-10/h2,5-6,8-9H,1,3-4,7,18H2. The third-order valence-electron chi connectivity index (χ3n) is 3.48. The van der Waals surface area contributed by atoms with E-state index >= 15 is 0 Å². The smallest absolute Gasteiger partial charge is 0.137 e. The fourth-order valence-corrected chi connectivity index (χ4v) is 2.69. The van der Waals surface area contributed by atoms with Gasteiger partial charge in [-0.1, -0.05) is 6.08 Å². The van der Waals surface area contributed by atoms with Crippen molar-refractivity contribution >= 4 is 21.7 Å². The summed E-state index contributed by atoms with van der Waals surface area (Å²) in [6, 6.07) is 4.83. The summed E-state index contributed by atoms with van der Waals surface area (Å²) in [4.78, 5) is 4.68. The van der Waals surface area contributed by atoms with Gasteiger partial charge in [0, 0.05) is 18.0 Å². The molecule has 2 aromatic rings. The Balaban J connectivity index is 2.10. The molecule has 20 heavy (non-hydrogen) atoms. The first kappa shape index (κ1) is 13.4. The van der Waals surface area contributed by atoms with Crippen molar-refractivity contribution < 1.29 is 4.39 Å². The summed E-state index contributed by atoms with van der Waals surface area (Å²) >= 11 is 3.20. The maximum atomic E-state index is 13.3. The van der Waals surface area contributed by atoms with Crippen LogP contribution in [0.1, 0.15) is 24.6 Å². The van der Waals surface area contributed by atoms with Gasteiger partial charge >= 0.3 is 0 Å². The molecule has 0 bridgehead atoms. The first-order valence-corrected chi connectivity index (χ1v) is 7.33. The van der Waals surface area contributed by atoms with Gasteiger partial charge in [-0.3, -0.25) is 0 Å². The lowest BCUT2D eigenvalue weighted by Crippen LogP contribution is -2.05. The second-order valence-electron chi connectivity index (χ2n) is 5.01. The number of hydrogen-bond acceptors (Lipinski definition) is 2. The molecule has 0 atom stereocenters. The molecule has 0 radical (unpaired) electrons. The summed E-state index contributed by atoms with van der Waals surface area (Å²) in [7, 11) is 0. The molecule has 3 rings (SSSR count). The van der Waals surface area contributed by atoms with Gasteiger partial charge in [-0.2, -0.15) is 0 Å². The summed E-state index contributed by atoms with van der Waals surface area (Å²) in [5, 5.41) is 0. The highest BCUT2D eigenvalue weighted by Crippen LogP contribution is 2.42. The van der Waals surface area contributed by atoms with Crippen LogP contribution >= 0.6 is 15.9 Å². The summed E-state index contributed by atoms with van der Waals surface area (Å²) in [6.45, 7) is 4.41. The normalized spacial score (nSPS) is 14.5.